The van der Waals surface area contributed by atoms with E-state index in [4.69, 9.17) is 28.3 Å². The molecule has 1 amide bonds. The van der Waals surface area contributed by atoms with E-state index >= 15 is 0 Å². The molecule has 0 fully saturated rings. The fourth-order valence-electron chi connectivity index (χ4n) is 1.42. The molecule has 0 heterocycles. The lowest BCUT2D eigenvalue weighted by Gasteiger charge is -2.16. The summed E-state index contributed by atoms with van der Waals surface area (Å²) in [7, 11) is 0. The van der Waals surface area contributed by atoms with Gasteiger partial charge >= 0.3 is 5.97 Å². The highest BCUT2D eigenvalue weighted by atomic mass is 35.5. The lowest BCUT2D eigenvalue weighted by Crippen LogP contribution is -2.34. The minimum absolute atomic E-state index is 0.318. The highest BCUT2D eigenvalue weighted by Gasteiger charge is 2.12. The Morgan fingerprint density at radius 3 is 2.63 bits per heavy atom. The molecule has 0 saturated carbocycles. The average Bonchev–Trinajstić information content (AvgIpc) is 2.37. The van der Waals surface area contributed by atoms with Gasteiger partial charge in [0.05, 0.1) is 10.0 Å². The van der Waals surface area contributed by atoms with Gasteiger partial charge in [-0.25, -0.2) is 0 Å². The predicted octanol–water partition coefficient (Wildman–Crippen LogP) is 2.94. The van der Waals surface area contributed by atoms with Crippen LogP contribution in [0.3, 0.4) is 0 Å². The van der Waals surface area contributed by atoms with Gasteiger partial charge < -0.3 is 10.0 Å². The molecule has 102 valence electrons. The molecule has 0 bridgehead atoms. The number of carbonyl (C=O) groups excluding carboxylic acids is 1. The Morgan fingerprint density at radius 1 is 1.37 bits per heavy atom. The van der Waals surface area contributed by atoms with E-state index in [1.165, 1.54) is 17.1 Å². The van der Waals surface area contributed by atoms with Crippen LogP contribution in [0.1, 0.15) is 12.5 Å². The summed E-state index contributed by atoms with van der Waals surface area (Å²) in [6, 6.07) is 5.07. The fraction of sp³-hybridized carbons (Fsp3) is 0.231. The van der Waals surface area contributed by atoms with E-state index in [-0.39, 0.29) is 12.5 Å². The third kappa shape index (κ3) is 4.58. The zero-order chi connectivity index (χ0) is 14.4. The van der Waals surface area contributed by atoms with Crippen LogP contribution in [-0.4, -0.2) is 35.0 Å². The fourth-order valence-corrected chi connectivity index (χ4v) is 1.80. The topological polar surface area (TPSA) is 57.6 Å². The molecule has 0 saturated heterocycles. The largest absolute Gasteiger partial charge is 0.480 e. The smallest absolute Gasteiger partial charge is 0.323 e. The van der Waals surface area contributed by atoms with Crippen LogP contribution in [0.15, 0.2) is 24.3 Å². The third-order valence-corrected chi connectivity index (χ3v) is 3.24. The standard InChI is InChI=1S/C13H13Cl2NO3/c1-2-16(8-12(18)19)11(17)7-6-9-4-3-5-10(14)13(9)15/h3-7H,2,8H2,1H3,(H,18,19)/b7-6+. The van der Waals surface area contributed by atoms with Gasteiger partial charge in [0.25, 0.3) is 0 Å². The summed E-state index contributed by atoms with van der Waals surface area (Å²) in [5.74, 6) is -1.44. The molecule has 0 radical (unpaired) electrons. The lowest BCUT2D eigenvalue weighted by molar-refractivity contribution is -0.142. The van der Waals surface area contributed by atoms with Crippen molar-refractivity contribution in [3.05, 3.63) is 39.9 Å². The molecule has 1 aromatic carbocycles. The number of nitrogens with zero attached hydrogens (tertiary/aromatic N) is 1. The summed E-state index contributed by atoms with van der Waals surface area (Å²) in [6.45, 7) is 1.70. The first-order valence-electron chi connectivity index (χ1n) is 5.58. The number of carboxylic acid groups (broad SMARTS) is 1. The molecule has 0 aromatic heterocycles. The van der Waals surface area contributed by atoms with E-state index < -0.39 is 5.97 Å². The van der Waals surface area contributed by atoms with Crippen LogP contribution in [-0.2, 0) is 9.59 Å². The minimum atomic E-state index is -1.05. The molecule has 1 aromatic rings. The van der Waals surface area contributed by atoms with E-state index in [0.717, 1.165) is 0 Å². The first-order valence-corrected chi connectivity index (χ1v) is 6.34. The quantitative estimate of drug-likeness (QED) is 0.851. The van der Waals surface area contributed by atoms with Gasteiger partial charge in [-0.2, -0.15) is 0 Å². The van der Waals surface area contributed by atoms with Gasteiger partial charge in [-0.1, -0.05) is 35.3 Å². The molecular formula is C13H13Cl2NO3. The second-order valence-electron chi connectivity index (χ2n) is 3.72. The molecule has 1 N–H and O–H groups in total. The van der Waals surface area contributed by atoms with Crippen LogP contribution >= 0.6 is 23.2 Å². The Balaban J connectivity index is 2.82. The summed E-state index contributed by atoms with van der Waals surface area (Å²) in [5, 5.41) is 9.43. The zero-order valence-electron chi connectivity index (χ0n) is 10.3. The van der Waals surface area contributed by atoms with Crippen LogP contribution in [0, 0.1) is 0 Å². The molecule has 0 atom stereocenters. The number of carbonyl (C=O) groups is 2. The molecule has 19 heavy (non-hydrogen) atoms. The van der Waals surface area contributed by atoms with E-state index in [1.54, 1.807) is 25.1 Å². The Hall–Kier alpha value is -1.52. The summed E-state index contributed by atoms with van der Waals surface area (Å²) in [4.78, 5) is 23.6. The van der Waals surface area contributed by atoms with Crippen molar-refractivity contribution in [3.8, 4) is 0 Å². The van der Waals surface area contributed by atoms with Crippen molar-refractivity contribution < 1.29 is 14.7 Å². The SMILES string of the molecule is CCN(CC(=O)O)C(=O)/C=C/c1cccc(Cl)c1Cl. The van der Waals surface area contributed by atoms with E-state index in [9.17, 15) is 9.59 Å². The van der Waals surface area contributed by atoms with Crippen LogP contribution in [0.2, 0.25) is 10.0 Å². The first-order chi connectivity index (χ1) is 8.95. The maximum absolute atomic E-state index is 11.8. The Bertz CT molecular complexity index is 515. The average molecular weight is 302 g/mol. The number of rotatable bonds is 5. The summed E-state index contributed by atoms with van der Waals surface area (Å²) < 4.78 is 0. The molecule has 1 rings (SSSR count). The van der Waals surface area contributed by atoms with Gasteiger partial charge in [0.2, 0.25) is 5.91 Å². The van der Waals surface area contributed by atoms with Gasteiger partial charge in [0.15, 0.2) is 0 Å². The van der Waals surface area contributed by atoms with Crippen LogP contribution < -0.4 is 0 Å². The van der Waals surface area contributed by atoms with Crippen molar-refractivity contribution in [1.29, 1.82) is 0 Å². The molecule has 4 nitrogen and oxygen atoms in total. The van der Waals surface area contributed by atoms with Crippen LogP contribution in [0.5, 0.6) is 0 Å². The normalized spacial score (nSPS) is 10.7. The summed E-state index contributed by atoms with van der Waals surface area (Å²) in [5.41, 5.74) is 0.605. The number of hydrogen-bond acceptors (Lipinski definition) is 2. The molecule has 0 aliphatic rings. The number of aliphatic carboxylic acids is 1. The summed E-state index contributed by atoms with van der Waals surface area (Å²) in [6.07, 6.45) is 2.80. The lowest BCUT2D eigenvalue weighted by atomic mass is 10.2. The summed E-state index contributed by atoms with van der Waals surface area (Å²) >= 11 is 11.8. The Kier molecular flexibility index (Phi) is 5.86. The Morgan fingerprint density at radius 2 is 2.05 bits per heavy atom. The third-order valence-electron chi connectivity index (χ3n) is 2.41. The molecular weight excluding hydrogens is 289 g/mol. The number of likely N-dealkylation sites (N-methyl/N-ethyl adjacent to an activating group) is 1. The van der Waals surface area contributed by atoms with Crippen LogP contribution in [0.4, 0.5) is 0 Å². The second-order valence-corrected chi connectivity index (χ2v) is 4.51. The number of hydrogen-bond donors (Lipinski definition) is 1. The highest BCUT2D eigenvalue weighted by molar-refractivity contribution is 6.42. The second kappa shape index (κ2) is 7.16. The monoisotopic (exact) mass is 301 g/mol. The van der Waals surface area contributed by atoms with E-state index in [2.05, 4.69) is 0 Å². The predicted molar refractivity (Wildman–Crippen MR) is 75.4 cm³/mol. The highest BCUT2D eigenvalue weighted by Crippen LogP contribution is 2.26. The van der Waals surface area contributed by atoms with E-state index in [1.807, 2.05) is 0 Å². The molecule has 0 spiro atoms. The van der Waals surface area contributed by atoms with Crippen molar-refractivity contribution in [3.63, 3.8) is 0 Å². The van der Waals surface area contributed by atoms with Crippen LogP contribution in [0.25, 0.3) is 6.08 Å². The van der Waals surface area contributed by atoms with Crippen molar-refractivity contribution in [2.45, 2.75) is 6.92 Å². The number of carboxylic acids is 1. The molecule has 0 aliphatic carbocycles. The maximum Gasteiger partial charge on any atom is 0.323 e. The van der Waals surface area contributed by atoms with Gasteiger partial charge in [-0.3, -0.25) is 9.59 Å². The van der Waals surface area contributed by atoms with Crippen molar-refractivity contribution in [2.75, 3.05) is 13.1 Å². The number of halogens is 2. The van der Waals surface area contributed by atoms with Gasteiger partial charge in [-0.05, 0) is 24.6 Å². The van der Waals surface area contributed by atoms with Crippen molar-refractivity contribution >= 4 is 41.2 Å². The molecule has 6 heteroatoms. The van der Waals surface area contributed by atoms with Gasteiger partial charge in [-0.15, -0.1) is 0 Å². The maximum atomic E-state index is 11.8. The molecule has 0 aliphatic heterocycles. The number of benzene rings is 1. The van der Waals surface area contributed by atoms with Gasteiger partial charge in [0, 0.05) is 12.6 Å². The minimum Gasteiger partial charge on any atom is -0.480 e. The molecule has 0 unspecified atom stereocenters. The number of amides is 1. The Labute approximate surface area is 121 Å². The van der Waals surface area contributed by atoms with Crippen molar-refractivity contribution in [2.24, 2.45) is 0 Å². The van der Waals surface area contributed by atoms with Crippen molar-refractivity contribution in [1.82, 2.24) is 4.90 Å². The first kappa shape index (κ1) is 15.5. The zero-order valence-corrected chi connectivity index (χ0v) is 11.8. The van der Waals surface area contributed by atoms with Gasteiger partial charge in [0.1, 0.15) is 6.54 Å². The van der Waals surface area contributed by atoms with E-state index in [0.29, 0.717) is 22.2 Å².